The second-order valence-electron chi connectivity index (χ2n) is 7.58. The van der Waals surface area contributed by atoms with E-state index in [9.17, 15) is 4.79 Å². The van der Waals surface area contributed by atoms with E-state index in [0.717, 1.165) is 22.4 Å². The van der Waals surface area contributed by atoms with E-state index in [1.165, 1.54) is 0 Å². The minimum atomic E-state index is -0.0215. The molecule has 1 aliphatic rings. The van der Waals surface area contributed by atoms with E-state index in [1.54, 1.807) is 4.90 Å². The van der Waals surface area contributed by atoms with E-state index in [4.69, 9.17) is 4.74 Å². The van der Waals surface area contributed by atoms with E-state index in [1.807, 2.05) is 83.7 Å². The first-order chi connectivity index (χ1) is 15.3. The number of carbonyl (C=O) groups excluding carboxylic acids is 1. The number of hydrogen-bond acceptors (Lipinski definition) is 4. The molecule has 31 heavy (non-hydrogen) atoms. The van der Waals surface area contributed by atoms with Gasteiger partial charge in [0.1, 0.15) is 11.4 Å². The van der Waals surface area contributed by atoms with Gasteiger partial charge in [-0.15, -0.1) is 5.10 Å². The van der Waals surface area contributed by atoms with E-state index in [0.29, 0.717) is 18.8 Å². The Labute approximate surface area is 180 Å². The van der Waals surface area contributed by atoms with Crippen LogP contribution in [0.2, 0.25) is 0 Å². The third-order valence-electron chi connectivity index (χ3n) is 5.49. The minimum absolute atomic E-state index is 0.0215. The zero-order chi connectivity index (χ0) is 21.0. The highest BCUT2D eigenvalue weighted by Crippen LogP contribution is 2.24. The molecule has 4 aromatic rings. The van der Waals surface area contributed by atoms with Crippen LogP contribution in [0, 0.1) is 0 Å². The molecule has 6 nitrogen and oxygen atoms in total. The van der Waals surface area contributed by atoms with Gasteiger partial charge in [-0.3, -0.25) is 4.79 Å². The molecule has 0 spiro atoms. The first-order valence-electron chi connectivity index (χ1n) is 10.3. The van der Waals surface area contributed by atoms with Gasteiger partial charge in [0.2, 0.25) is 0 Å². The molecule has 1 fully saturated rings. The van der Waals surface area contributed by atoms with Crippen LogP contribution in [0.4, 0.5) is 0 Å². The highest BCUT2D eigenvalue weighted by molar-refractivity contribution is 5.78. The summed E-state index contributed by atoms with van der Waals surface area (Å²) in [6.45, 7) is 1.27. The second kappa shape index (κ2) is 8.44. The molecule has 0 bridgehead atoms. The van der Waals surface area contributed by atoms with Gasteiger partial charge in [0, 0.05) is 18.7 Å². The van der Waals surface area contributed by atoms with Crippen molar-refractivity contribution >= 4 is 5.91 Å². The van der Waals surface area contributed by atoms with Crippen molar-refractivity contribution < 1.29 is 9.53 Å². The molecule has 2 heterocycles. The van der Waals surface area contributed by atoms with Crippen molar-refractivity contribution in [1.82, 2.24) is 19.9 Å². The van der Waals surface area contributed by atoms with Gasteiger partial charge in [0.25, 0.3) is 5.91 Å². The summed E-state index contributed by atoms with van der Waals surface area (Å²) < 4.78 is 7.53. The maximum atomic E-state index is 12.4. The Hall–Kier alpha value is -3.93. The fourth-order valence-electron chi connectivity index (χ4n) is 3.63. The topological polar surface area (TPSA) is 60.2 Å². The van der Waals surface area contributed by atoms with Gasteiger partial charge in [-0.1, -0.05) is 78.0 Å². The lowest BCUT2D eigenvalue weighted by Gasteiger charge is -2.38. The van der Waals surface area contributed by atoms with Crippen LogP contribution in [0.25, 0.3) is 22.4 Å². The molecule has 3 aromatic carbocycles. The van der Waals surface area contributed by atoms with Gasteiger partial charge < -0.3 is 9.64 Å². The van der Waals surface area contributed by atoms with Crippen LogP contribution in [0.15, 0.2) is 91.1 Å². The fraction of sp³-hybridized carbons (Fsp3) is 0.160. The summed E-state index contributed by atoms with van der Waals surface area (Å²) in [6.07, 6.45) is 1.94. The summed E-state index contributed by atoms with van der Waals surface area (Å²) >= 11 is 0. The van der Waals surface area contributed by atoms with Crippen LogP contribution in [-0.4, -0.2) is 45.5 Å². The van der Waals surface area contributed by atoms with E-state index >= 15 is 0 Å². The molecule has 1 saturated heterocycles. The molecule has 0 N–H and O–H groups in total. The Morgan fingerprint density at radius 3 is 2.13 bits per heavy atom. The largest absolute Gasteiger partial charge is 0.484 e. The van der Waals surface area contributed by atoms with Crippen molar-refractivity contribution in [2.75, 3.05) is 19.7 Å². The molecule has 154 valence electrons. The van der Waals surface area contributed by atoms with Crippen molar-refractivity contribution in [2.45, 2.75) is 6.04 Å². The molecule has 5 rings (SSSR count). The summed E-state index contributed by atoms with van der Waals surface area (Å²) in [5.41, 5.74) is 4.15. The molecule has 0 unspecified atom stereocenters. The number of aromatic nitrogens is 3. The van der Waals surface area contributed by atoms with Crippen molar-refractivity contribution in [1.29, 1.82) is 0 Å². The number of amides is 1. The lowest BCUT2D eigenvalue weighted by molar-refractivity contribution is -0.139. The summed E-state index contributed by atoms with van der Waals surface area (Å²) in [4.78, 5) is 14.2. The van der Waals surface area contributed by atoms with Crippen LogP contribution in [0.1, 0.15) is 6.04 Å². The van der Waals surface area contributed by atoms with Crippen LogP contribution < -0.4 is 4.74 Å². The zero-order valence-corrected chi connectivity index (χ0v) is 17.0. The predicted molar refractivity (Wildman–Crippen MR) is 118 cm³/mol. The highest BCUT2D eigenvalue weighted by atomic mass is 16.5. The van der Waals surface area contributed by atoms with E-state index in [2.05, 4.69) is 22.4 Å². The molecular weight excluding hydrogens is 388 g/mol. The number of benzene rings is 3. The molecule has 0 aliphatic carbocycles. The summed E-state index contributed by atoms with van der Waals surface area (Å²) in [5.74, 6) is 0.667. The van der Waals surface area contributed by atoms with Gasteiger partial charge in [0.05, 0.1) is 12.2 Å². The maximum Gasteiger partial charge on any atom is 0.260 e. The summed E-state index contributed by atoms with van der Waals surface area (Å²) in [7, 11) is 0. The SMILES string of the molecule is O=C(COc1ccc(-c2ccccc2)cc1)N1CC(n2cc(-c3ccccc3)nn2)C1. The van der Waals surface area contributed by atoms with Crippen LogP contribution >= 0.6 is 0 Å². The Morgan fingerprint density at radius 2 is 1.45 bits per heavy atom. The van der Waals surface area contributed by atoms with Gasteiger partial charge in [-0.2, -0.15) is 0 Å². The number of carbonyl (C=O) groups is 1. The lowest BCUT2D eigenvalue weighted by atomic mass is 10.1. The summed E-state index contributed by atoms with van der Waals surface area (Å²) in [5, 5.41) is 8.48. The van der Waals surface area contributed by atoms with Crippen LogP contribution in [-0.2, 0) is 4.79 Å². The van der Waals surface area contributed by atoms with Crippen LogP contribution in [0.3, 0.4) is 0 Å². The molecule has 0 saturated carbocycles. The van der Waals surface area contributed by atoms with E-state index < -0.39 is 0 Å². The molecule has 1 aliphatic heterocycles. The quantitative estimate of drug-likeness (QED) is 0.481. The van der Waals surface area contributed by atoms with Gasteiger partial charge in [0.15, 0.2) is 6.61 Å². The van der Waals surface area contributed by atoms with Crippen molar-refractivity contribution in [3.8, 4) is 28.1 Å². The van der Waals surface area contributed by atoms with E-state index in [-0.39, 0.29) is 18.6 Å². The van der Waals surface area contributed by atoms with Gasteiger partial charge in [-0.25, -0.2) is 4.68 Å². The lowest BCUT2D eigenvalue weighted by Crippen LogP contribution is -2.52. The molecular formula is C25H22N4O2. The van der Waals surface area contributed by atoms with Gasteiger partial charge >= 0.3 is 0 Å². The Kier molecular flexibility index (Phi) is 5.19. The number of hydrogen-bond donors (Lipinski definition) is 0. The minimum Gasteiger partial charge on any atom is -0.484 e. The van der Waals surface area contributed by atoms with Crippen molar-refractivity contribution in [2.24, 2.45) is 0 Å². The average molecular weight is 410 g/mol. The highest BCUT2D eigenvalue weighted by Gasteiger charge is 2.33. The normalized spacial score (nSPS) is 13.6. The fourth-order valence-corrected chi connectivity index (χ4v) is 3.63. The third kappa shape index (κ3) is 4.19. The second-order valence-corrected chi connectivity index (χ2v) is 7.58. The first kappa shape index (κ1) is 19.1. The predicted octanol–water partition coefficient (Wildman–Crippen LogP) is 4.07. The molecule has 1 aromatic heterocycles. The standard InChI is InChI=1S/C25H22N4O2/c30-25(18-31-23-13-11-20(12-14-23)19-7-3-1-4-8-19)28-15-22(16-28)29-17-24(26-27-29)21-9-5-2-6-10-21/h1-14,17,22H,15-16,18H2. The Bertz CT molecular complexity index is 1150. The maximum absolute atomic E-state index is 12.4. The molecule has 6 heteroatoms. The number of rotatable bonds is 6. The Balaban J connectivity index is 1.12. The molecule has 0 radical (unpaired) electrons. The van der Waals surface area contributed by atoms with Crippen molar-refractivity contribution in [3.63, 3.8) is 0 Å². The molecule has 1 amide bonds. The number of nitrogens with zero attached hydrogens (tertiary/aromatic N) is 4. The van der Waals surface area contributed by atoms with Crippen LogP contribution in [0.5, 0.6) is 5.75 Å². The average Bonchev–Trinajstić information content (AvgIpc) is 3.28. The number of ether oxygens (including phenoxy) is 1. The van der Waals surface area contributed by atoms with Crippen molar-refractivity contribution in [3.05, 3.63) is 91.1 Å². The third-order valence-corrected chi connectivity index (χ3v) is 5.49. The monoisotopic (exact) mass is 410 g/mol. The first-order valence-corrected chi connectivity index (χ1v) is 10.3. The smallest absolute Gasteiger partial charge is 0.260 e. The zero-order valence-electron chi connectivity index (χ0n) is 17.0. The molecule has 0 atom stereocenters. The number of likely N-dealkylation sites (tertiary alicyclic amines) is 1. The van der Waals surface area contributed by atoms with Gasteiger partial charge in [-0.05, 0) is 23.3 Å². The Morgan fingerprint density at radius 1 is 0.839 bits per heavy atom. The summed E-state index contributed by atoms with van der Waals surface area (Å²) in [6, 6.07) is 28.1.